The van der Waals surface area contributed by atoms with Gasteiger partial charge in [0.1, 0.15) is 18.2 Å². The minimum atomic E-state index is -3.60. The molecule has 1 rings (SSSR count). The normalized spacial score (nSPS) is 12.8. The lowest BCUT2D eigenvalue weighted by atomic mass is 10.0. The largest absolute Gasteiger partial charge is 0.444 e. The first-order chi connectivity index (χ1) is 17.8. The number of ether oxygens (including phenoxy) is 3. The van der Waals surface area contributed by atoms with E-state index < -0.39 is 39.4 Å². The quantitative estimate of drug-likeness (QED) is 0.263. The van der Waals surface area contributed by atoms with Crippen LogP contribution in [0.1, 0.15) is 41.0 Å². The van der Waals surface area contributed by atoms with Gasteiger partial charge in [0, 0.05) is 18.5 Å². The van der Waals surface area contributed by atoms with Gasteiger partial charge in [0.05, 0.1) is 24.7 Å². The minimum absolute atomic E-state index is 0.00795. The van der Waals surface area contributed by atoms with Gasteiger partial charge in [0.25, 0.3) is 0 Å². The Kier molecular flexibility index (Phi) is 14.6. The highest BCUT2D eigenvalue weighted by Gasteiger charge is 2.21. The molecule has 12 heteroatoms. The van der Waals surface area contributed by atoms with E-state index >= 15 is 0 Å². The number of sulfone groups is 1. The fraction of sp³-hybridized carbons (Fsp3) is 0.577. The lowest BCUT2D eigenvalue weighted by molar-refractivity contribution is -0.132. The predicted octanol–water partition coefficient (Wildman–Crippen LogP) is 2.18. The van der Waals surface area contributed by atoms with E-state index in [9.17, 15) is 22.8 Å². The number of hydrogen-bond donors (Lipinski definition) is 3. The summed E-state index contributed by atoms with van der Waals surface area (Å²) in [5.41, 5.74) is -0.572. The van der Waals surface area contributed by atoms with Crippen molar-refractivity contribution in [1.29, 1.82) is 0 Å². The summed E-state index contributed by atoms with van der Waals surface area (Å²) in [6.45, 7) is 9.80. The van der Waals surface area contributed by atoms with Crippen molar-refractivity contribution in [2.75, 3.05) is 39.5 Å². The molecule has 0 radical (unpaired) electrons. The number of alkyl carbamates (subject to hydrolysis) is 1. The summed E-state index contributed by atoms with van der Waals surface area (Å²) in [7, 11) is -3.60. The molecule has 214 valence electrons. The third kappa shape index (κ3) is 15.3. The van der Waals surface area contributed by atoms with E-state index in [1.54, 1.807) is 39.0 Å². The molecule has 1 atom stereocenters. The molecule has 0 spiro atoms. The number of rotatable bonds is 16. The number of benzene rings is 1. The van der Waals surface area contributed by atoms with Gasteiger partial charge < -0.3 is 30.2 Å². The Labute approximate surface area is 225 Å². The third-order valence-corrected chi connectivity index (χ3v) is 6.10. The summed E-state index contributed by atoms with van der Waals surface area (Å²) in [5.74, 6) is -0.752. The van der Waals surface area contributed by atoms with Crippen molar-refractivity contribution in [3.8, 4) is 0 Å². The van der Waals surface area contributed by atoms with Crippen molar-refractivity contribution in [3.05, 3.63) is 41.8 Å². The Morgan fingerprint density at radius 1 is 0.974 bits per heavy atom. The van der Waals surface area contributed by atoms with E-state index in [0.717, 1.165) is 5.41 Å². The van der Waals surface area contributed by atoms with Crippen LogP contribution in [-0.2, 0) is 33.6 Å². The van der Waals surface area contributed by atoms with Gasteiger partial charge in [-0.05, 0) is 45.2 Å². The Balaban J connectivity index is 2.33. The molecule has 0 fully saturated rings. The second-order valence-corrected chi connectivity index (χ2v) is 11.7. The zero-order valence-electron chi connectivity index (χ0n) is 22.8. The fourth-order valence-electron chi connectivity index (χ4n) is 3.01. The maximum atomic E-state index is 12.6. The average molecular weight is 556 g/mol. The number of nitrogens with one attached hydrogen (secondary N) is 3. The Bertz CT molecular complexity index is 1010. The number of carbonyl (C=O) groups excluding carboxylic acids is 3. The summed E-state index contributed by atoms with van der Waals surface area (Å²) in [4.78, 5) is 36.6. The van der Waals surface area contributed by atoms with E-state index in [4.69, 9.17) is 14.2 Å². The van der Waals surface area contributed by atoms with Gasteiger partial charge in [-0.15, -0.1) is 0 Å². The lowest BCUT2D eigenvalue weighted by Gasteiger charge is -2.20. The van der Waals surface area contributed by atoms with Gasteiger partial charge >= 0.3 is 6.09 Å². The Hall–Kier alpha value is -2.96. The molecule has 0 aliphatic rings. The predicted molar refractivity (Wildman–Crippen MR) is 143 cm³/mol. The van der Waals surface area contributed by atoms with E-state index in [1.165, 1.54) is 18.2 Å². The summed E-state index contributed by atoms with van der Waals surface area (Å²) >= 11 is 0. The summed E-state index contributed by atoms with van der Waals surface area (Å²) in [6, 6.07) is 7.17. The smallest absolute Gasteiger partial charge is 0.407 e. The number of hydrogen-bond acceptors (Lipinski definition) is 8. The third-order valence-electron chi connectivity index (χ3n) is 4.62. The number of amides is 3. The van der Waals surface area contributed by atoms with E-state index in [2.05, 4.69) is 16.0 Å². The highest BCUT2D eigenvalue weighted by Crippen LogP contribution is 2.11. The monoisotopic (exact) mass is 555 g/mol. The molecule has 0 unspecified atom stereocenters. The molecular weight excluding hydrogens is 514 g/mol. The zero-order valence-corrected chi connectivity index (χ0v) is 23.6. The van der Waals surface area contributed by atoms with E-state index in [-0.39, 0.29) is 50.3 Å². The van der Waals surface area contributed by atoms with Crippen molar-refractivity contribution in [2.24, 2.45) is 5.92 Å². The molecule has 38 heavy (non-hydrogen) atoms. The Morgan fingerprint density at radius 2 is 1.63 bits per heavy atom. The lowest BCUT2D eigenvalue weighted by Crippen LogP contribution is -2.48. The molecule has 1 aromatic rings. The van der Waals surface area contributed by atoms with Crippen LogP contribution in [0.2, 0.25) is 0 Å². The van der Waals surface area contributed by atoms with Gasteiger partial charge in [-0.2, -0.15) is 0 Å². The molecule has 11 nitrogen and oxygen atoms in total. The Morgan fingerprint density at radius 3 is 2.26 bits per heavy atom. The average Bonchev–Trinajstić information content (AvgIpc) is 2.82. The first-order valence-corrected chi connectivity index (χ1v) is 14.0. The molecule has 0 aliphatic heterocycles. The van der Waals surface area contributed by atoms with E-state index in [1.807, 2.05) is 13.8 Å². The summed E-state index contributed by atoms with van der Waals surface area (Å²) in [5, 5.41) is 8.89. The fourth-order valence-corrected chi connectivity index (χ4v) is 4.05. The van der Waals surface area contributed by atoms with Crippen molar-refractivity contribution in [3.63, 3.8) is 0 Å². The van der Waals surface area contributed by atoms with Crippen LogP contribution >= 0.6 is 0 Å². The molecule has 0 aliphatic carbocycles. The minimum Gasteiger partial charge on any atom is -0.444 e. The van der Waals surface area contributed by atoms with Crippen molar-refractivity contribution in [1.82, 2.24) is 16.0 Å². The van der Waals surface area contributed by atoms with Crippen LogP contribution < -0.4 is 16.0 Å². The molecule has 0 saturated heterocycles. The van der Waals surface area contributed by atoms with Crippen molar-refractivity contribution in [2.45, 2.75) is 57.6 Å². The molecule has 3 amide bonds. The maximum Gasteiger partial charge on any atom is 0.407 e. The first-order valence-electron chi connectivity index (χ1n) is 12.5. The van der Waals surface area contributed by atoms with Gasteiger partial charge in [0.15, 0.2) is 9.84 Å². The zero-order chi connectivity index (χ0) is 28.6. The molecule has 3 N–H and O–H groups in total. The van der Waals surface area contributed by atoms with Gasteiger partial charge in [-0.3, -0.25) is 9.59 Å². The first kappa shape index (κ1) is 33.1. The SMILES string of the molecule is CC(C)C[C@H](NC(=O)COCCOCCNC(=O)OC(C)(C)C)C(=O)NC/C=C/S(=O)(=O)c1ccccc1. The molecule has 0 aromatic heterocycles. The molecule has 0 saturated carbocycles. The van der Waals surface area contributed by atoms with E-state index in [0.29, 0.717) is 6.42 Å². The highest BCUT2D eigenvalue weighted by molar-refractivity contribution is 7.94. The standard InChI is InChI=1S/C26H41N3O8S/c1-20(2)18-22(24(31)27-12-9-17-38(33,34)21-10-7-6-8-11-21)29-23(30)19-36-16-15-35-14-13-28-25(32)37-26(3,4)5/h6-11,17,20,22H,12-16,18-19H2,1-5H3,(H,27,31)(H,28,32)(H,29,30)/b17-9+/t22-/m0/s1. The van der Waals surface area contributed by atoms with Crippen LogP contribution in [0.25, 0.3) is 0 Å². The van der Waals surface area contributed by atoms with Crippen LogP contribution in [-0.4, -0.2) is 77.5 Å². The number of carbonyl (C=O) groups is 3. The second-order valence-electron chi connectivity index (χ2n) is 9.82. The molecular formula is C26H41N3O8S. The van der Waals surface area contributed by atoms with Crippen LogP contribution in [0.15, 0.2) is 46.7 Å². The van der Waals surface area contributed by atoms with Crippen molar-refractivity contribution < 1.29 is 37.0 Å². The molecule has 0 heterocycles. The second kappa shape index (κ2) is 16.8. The summed E-state index contributed by atoms with van der Waals surface area (Å²) < 4.78 is 40.3. The van der Waals surface area contributed by atoms with Crippen molar-refractivity contribution >= 4 is 27.7 Å². The van der Waals surface area contributed by atoms with Crippen LogP contribution in [0.5, 0.6) is 0 Å². The van der Waals surface area contributed by atoms with Gasteiger partial charge in [-0.25, -0.2) is 13.2 Å². The highest BCUT2D eigenvalue weighted by atomic mass is 32.2. The van der Waals surface area contributed by atoms with Gasteiger partial charge in [-0.1, -0.05) is 38.1 Å². The van der Waals surface area contributed by atoms with Crippen LogP contribution in [0.4, 0.5) is 4.79 Å². The van der Waals surface area contributed by atoms with Crippen LogP contribution in [0.3, 0.4) is 0 Å². The molecule has 0 bridgehead atoms. The van der Waals surface area contributed by atoms with Gasteiger partial charge in [0.2, 0.25) is 11.8 Å². The molecule has 1 aromatic carbocycles. The topological polar surface area (TPSA) is 149 Å². The maximum absolute atomic E-state index is 12.6. The van der Waals surface area contributed by atoms with Crippen LogP contribution in [0, 0.1) is 5.92 Å². The summed E-state index contributed by atoms with van der Waals surface area (Å²) in [6.07, 6.45) is 1.22.